The SMILES string of the molecule is C[C@H](O)[C@@H](CCO)Cc1ccccc1. The van der Waals surface area contributed by atoms with E-state index in [1.165, 1.54) is 5.56 Å². The Kier molecular flexibility index (Phi) is 4.63. The molecular weight excluding hydrogens is 176 g/mol. The normalized spacial score (nSPS) is 15.1. The Morgan fingerprint density at radius 1 is 1.21 bits per heavy atom. The molecule has 0 heterocycles. The van der Waals surface area contributed by atoms with Crippen molar-refractivity contribution in [3.63, 3.8) is 0 Å². The highest BCUT2D eigenvalue weighted by Crippen LogP contribution is 2.15. The van der Waals surface area contributed by atoms with E-state index in [1.807, 2.05) is 30.3 Å². The molecule has 0 spiro atoms. The van der Waals surface area contributed by atoms with Crippen LogP contribution in [-0.2, 0) is 6.42 Å². The van der Waals surface area contributed by atoms with Crippen LogP contribution in [0.4, 0.5) is 0 Å². The fourth-order valence-corrected chi connectivity index (χ4v) is 1.60. The van der Waals surface area contributed by atoms with Crippen LogP contribution in [-0.4, -0.2) is 22.9 Å². The maximum atomic E-state index is 9.49. The Morgan fingerprint density at radius 3 is 2.36 bits per heavy atom. The lowest BCUT2D eigenvalue weighted by atomic mass is 9.92. The standard InChI is InChI=1S/C12H18O2/c1-10(14)12(7-8-13)9-11-5-3-2-4-6-11/h2-6,10,12-14H,7-9H2,1H3/t10-,12-/m0/s1. The smallest absolute Gasteiger partial charge is 0.0544 e. The van der Waals surface area contributed by atoms with Gasteiger partial charge in [0.25, 0.3) is 0 Å². The molecule has 0 aliphatic heterocycles. The Hall–Kier alpha value is -0.860. The predicted molar refractivity (Wildman–Crippen MR) is 57.0 cm³/mol. The van der Waals surface area contributed by atoms with Crippen molar-refractivity contribution >= 4 is 0 Å². The molecule has 1 aromatic rings. The van der Waals surface area contributed by atoms with Gasteiger partial charge in [0.2, 0.25) is 0 Å². The van der Waals surface area contributed by atoms with Gasteiger partial charge in [-0.2, -0.15) is 0 Å². The van der Waals surface area contributed by atoms with Crippen molar-refractivity contribution < 1.29 is 10.2 Å². The zero-order valence-corrected chi connectivity index (χ0v) is 8.56. The molecule has 0 bridgehead atoms. The van der Waals surface area contributed by atoms with Crippen molar-refractivity contribution in [3.05, 3.63) is 35.9 Å². The number of aliphatic hydroxyl groups is 2. The molecular formula is C12H18O2. The molecule has 0 aromatic heterocycles. The summed E-state index contributed by atoms with van der Waals surface area (Å²) in [7, 11) is 0. The Bertz CT molecular complexity index is 244. The van der Waals surface area contributed by atoms with Gasteiger partial charge in [-0.3, -0.25) is 0 Å². The summed E-state index contributed by atoms with van der Waals surface area (Å²) in [5.74, 6) is 0.155. The minimum atomic E-state index is -0.359. The largest absolute Gasteiger partial charge is 0.396 e. The first-order valence-corrected chi connectivity index (χ1v) is 5.07. The maximum Gasteiger partial charge on any atom is 0.0544 e. The van der Waals surface area contributed by atoms with Gasteiger partial charge in [-0.25, -0.2) is 0 Å². The van der Waals surface area contributed by atoms with Gasteiger partial charge in [0.1, 0.15) is 0 Å². The second-order valence-electron chi connectivity index (χ2n) is 3.70. The van der Waals surface area contributed by atoms with Gasteiger partial charge < -0.3 is 10.2 Å². The third-order valence-corrected chi connectivity index (χ3v) is 2.52. The van der Waals surface area contributed by atoms with Crippen LogP contribution >= 0.6 is 0 Å². The Morgan fingerprint density at radius 2 is 1.86 bits per heavy atom. The van der Waals surface area contributed by atoms with E-state index < -0.39 is 0 Å². The number of hydrogen-bond acceptors (Lipinski definition) is 2. The van der Waals surface area contributed by atoms with Crippen molar-refractivity contribution in [2.75, 3.05) is 6.61 Å². The van der Waals surface area contributed by atoms with E-state index in [0.29, 0.717) is 6.42 Å². The van der Waals surface area contributed by atoms with Crippen LogP contribution in [0.2, 0.25) is 0 Å². The third-order valence-electron chi connectivity index (χ3n) is 2.52. The average molecular weight is 194 g/mol. The fourth-order valence-electron chi connectivity index (χ4n) is 1.60. The lowest BCUT2D eigenvalue weighted by Gasteiger charge is -2.18. The second-order valence-corrected chi connectivity index (χ2v) is 3.70. The molecule has 78 valence electrons. The lowest BCUT2D eigenvalue weighted by Crippen LogP contribution is -2.20. The van der Waals surface area contributed by atoms with Crippen LogP contribution < -0.4 is 0 Å². The summed E-state index contributed by atoms with van der Waals surface area (Å²) in [5.41, 5.74) is 1.21. The van der Waals surface area contributed by atoms with E-state index in [4.69, 9.17) is 5.11 Å². The van der Waals surface area contributed by atoms with Crippen LogP contribution in [0.1, 0.15) is 18.9 Å². The molecule has 1 aromatic carbocycles. The molecule has 0 saturated carbocycles. The van der Waals surface area contributed by atoms with E-state index in [0.717, 1.165) is 6.42 Å². The van der Waals surface area contributed by atoms with Crippen molar-refractivity contribution in [2.45, 2.75) is 25.9 Å². The zero-order chi connectivity index (χ0) is 10.4. The Labute approximate surface area is 85.2 Å². The molecule has 0 saturated heterocycles. The van der Waals surface area contributed by atoms with Crippen molar-refractivity contribution in [1.29, 1.82) is 0 Å². The fraction of sp³-hybridized carbons (Fsp3) is 0.500. The predicted octanol–water partition coefficient (Wildman–Crippen LogP) is 1.61. The van der Waals surface area contributed by atoms with Gasteiger partial charge >= 0.3 is 0 Å². The van der Waals surface area contributed by atoms with Gasteiger partial charge in [-0.15, -0.1) is 0 Å². The molecule has 0 aliphatic rings. The minimum absolute atomic E-state index is 0.141. The quantitative estimate of drug-likeness (QED) is 0.747. The van der Waals surface area contributed by atoms with E-state index in [2.05, 4.69) is 0 Å². The van der Waals surface area contributed by atoms with E-state index in [1.54, 1.807) is 6.92 Å². The van der Waals surface area contributed by atoms with Gasteiger partial charge in [0.05, 0.1) is 6.10 Å². The highest BCUT2D eigenvalue weighted by atomic mass is 16.3. The first-order valence-electron chi connectivity index (χ1n) is 5.07. The molecule has 2 atom stereocenters. The van der Waals surface area contributed by atoms with Crippen LogP contribution in [0.3, 0.4) is 0 Å². The van der Waals surface area contributed by atoms with Crippen molar-refractivity contribution in [1.82, 2.24) is 0 Å². The molecule has 1 rings (SSSR count). The highest BCUT2D eigenvalue weighted by molar-refractivity contribution is 5.15. The van der Waals surface area contributed by atoms with Crippen molar-refractivity contribution in [2.24, 2.45) is 5.92 Å². The van der Waals surface area contributed by atoms with Crippen LogP contribution in [0, 0.1) is 5.92 Å². The number of rotatable bonds is 5. The second kappa shape index (κ2) is 5.78. The van der Waals surface area contributed by atoms with Gasteiger partial charge in [-0.05, 0) is 31.2 Å². The van der Waals surface area contributed by atoms with E-state index in [9.17, 15) is 5.11 Å². The van der Waals surface area contributed by atoms with Crippen LogP contribution in [0.5, 0.6) is 0 Å². The summed E-state index contributed by atoms with van der Waals surface area (Å²) in [6.45, 7) is 1.92. The highest BCUT2D eigenvalue weighted by Gasteiger charge is 2.14. The van der Waals surface area contributed by atoms with Gasteiger partial charge in [-0.1, -0.05) is 30.3 Å². The summed E-state index contributed by atoms with van der Waals surface area (Å²) in [6, 6.07) is 10.1. The number of hydrogen-bond donors (Lipinski definition) is 2. The molecule has 2 N–H and O–H groups in total. The molecule has 2 nitrogen and oxygen atoms in total. The molecule has 0 fully saturated rings. The number of benzene rings is 1. The molecule has 2 heteroatoms. The minimum Gasteiger partial charge on any atom is -0.396 e. The molecule has 14 heavy (non-hydrogen) atoms. The summed E-state index contributed by atoms with van der Waals surface area (Å²) in [5, 5.41) is 18.3. The monoisotopic (exact) mass is 194 g/mol. The van der Waals surface area contributed by atoms with Crippen molar-refractivity contribution in [3.8, 4) is 0 Å². The molecule has 0 radical (unpaired) electrons. The van der Waals surface area contributed by atoms with Gasteiger partial charge in [0.15, 0.2) is 0 Å². The summed E-state index contributed by atoms with van der Waals surface area (Å²) < 4.78 is 0. The Balaban J connectivity index is 2.55. The van der Waals surface area contributed by atoms with Crippen LogP contribution in [0.15, 0.2) is 30.3 Å². The molecule has 0 amide bonds. The molecule has 0 unspecified atom stereocenters. The lowest BCUT2D eigenvalue weighted by molar-refractivity contribution is 0.105. The molecule has 0 aliphatic carbocycles. The summed E-state index contributed by atoms with van der Waals surface area (Å²) >= 11 is 0. The van der Waals surface area contributed by atoms with E-state index in [-0.39, 0.29) is 18.6 Å². The summed E-state index contributed by atoms with van der Waals surface area (Å²) in [4.78, 5) is 0. The first-order chi connectivity index (χ1) is 6.74. The average Bonchev–Trinajstić information content (AvgIpc) is 2.18. The number of aliphatic hydroxyl groups excluding tert-OH is 2. The maximum absolute atomic E-state index is 9.49. The zero-order valence-electron chi connectivity index (χ0n) is 8.56. The van der Waals surface area contributed by atoms with Crippen LogP contribution in [0.25, 0.3) is 0 Å². The van der Waals surface area contributed by atoms with Gasteiger partial charge in [0, 0.05) is 6.61 Å². The third kappa shape index (κ3) is 3.48. The van der Waals surface area contributed by atoms with E-state index >= 15 is 0 Å². The first kappa shape index (κ1) is 11.2. The summed E-state index contributed by atoms with van der Waals surface area (Å²) in [6.07, 6.45) is 1.13. The topological polar surface area (TPSA) is 40.5 Å².